The van der Waals surface area contributed by atoms with Crippen LogP contribution in [0, 0.1) is 22.6 Å². The van der Waals surface area contributed by atoms with Crippen molar-refractivity contribution in [2.24, 2.45) is 0 Å². The second kappa shape index (κ2) is 10.0. The quantitative estimate of drug-likeness (QED) is 0.450. The number of rotatable bonds is 4. The van der Waals surface area contributed by atoms with Crippen LogP contribution in [-0.4, -0.2) is 15.0 Å². The molecular weight excluding hydrogens is 271 g/mol. The molecule has 0 heterocycles. The Morgan fingerprint density at radius 3 is 2.65 bits per heavy atom. The van der Waals surface area contributed by atoms with Crippen LogP contribution in [0.2, 0.25) is 5.32 Å². The van der Waals surface area contributed by atoms with E-state index in [1.54, 1.807) is 0 Å². The van der Waals surface area contributed by atoms with Crippen LogP contribution in [0.1, 0.15) is 38.2 Å². The van der Waals surface area contributed by atoms with Crippen LogP contribution in [0.3, 0.4) is 0 Å². The molecule has 0 aliphatic rings. The first-order chi connectivity index (χ1) is 8.43. The number of hydrogen-bond acceptors (Lipinski definition) is 0. The molecule has 0 spiro atoms. The molecule has 1 heteroatoms. The van der Waals surface area contributed by atoms with Crippen LogP contribution in [0.15, 0.2) is 30.3 Å². The van der Waals surface area contributed by atoms with Crippen molar-refractivity contribution < 1.29 is 0 Å². The van der Waals surface area contributed by atoms with Crippen LogP contribution in [0.25, 0.3) is 0 Å². The molecule has 0 aliphatic heterocycles. The van der Waals surface area contributed by atoms with Gasteiger partial charge in [-0.25, -0.2) is 0 Å². The third kappa shape index (κ3) is 7.70. The first kappa shape index (κ1) is 13.9. The fourth-order valence-electron chi connectivity index (χ4n) is 1.29. The Kier molecular flexibility index (Phi) is 8.22. The Bertz CT molecular complexity index is 412. The molecule has 0 unspecified atom stereocenters. The molecule has 17 heavy (non-hydrogen) atoms. The van der Waals surface area contributed by atoms with Crippen molar-refractivity contribution in [1.82, 2.24) is 0 Å². The van der Waals surface area contributed by atoms with Gasteiger partial charge < -0.3 is 0 Å². The summed E-state index contributed by atoms with van der Waals surface area (Å²) in [7, 11) is 0. The van der Waals surface area contributed by atoms with E-state index in [9.17, 15) is 0 Å². The number of unbranched alkanes of at least 4 members (excludes halogenated alkanes) is 3. The van der Waals surface area contributed by atoms with Gasteiger partial charge in [-0.05, 0) is 0 Å². The third-order valence-electron chi connectivity index (χ3n) is 2.22. The van der Waals surface area contributed by atoms with Crippen molar-refractivity contribution in [3.8, 4) is 22.6 Å². The van der Waals surface area contributed by atoms with Gasteiger partial charge in [0.2, 0.25) is 0 Å². The first-order valence-corrected chi connectivity index (χ1v) is 8.14. The van der Waals surface area contributed by atoms with Crippen molar-refractivity contribution >= 4 is 15.0 Å². The summed E-state index contributed by atoms with van der Waals surface area (Å²) in [6, 6.07) is 10.1. The van der Waals surface area contributed by atoms with Crippen LogP contribution in [0.4, 0.5) is 0 Å². The van der Waals surface area contributed by atoms with Crippen molar-refractivity contribution in [3.63, 3.8) is 0 Å². The summed E-state index contributed by atoms with van der Waals surface area (Å²) in [5.41, 5.74) is 1.10. The van der Waals surface area contributed by atoms with Crippen molar-refractivity contribution in [1.29, 1.82) is 0 Å². The molecule has 0 atom stereocenters. The molecule has 0 radical (unpaired) electrons. The minimum atomic E-state index is 0.341. The molecule has 0 fully saturated rings. The number of benzene rings is 1. The minimum absolute atomic E-state index is 0.341. The Balaban J connectivity index is 2.14. The van der Waals surface area contributed by atoms with Crippen LogP contribution < -0.4 is 0 Å². The van der Waals surface area contributed by atoms with Gasteiger partial charge in [0, 0.05) is 0 Å². The van der Waals surface area contributed by atoms with Gasteiger partial charge >= 0.3 is 111 Å². The molecular formula is C16H18Se. The Morgan fingerprint density at radius 1 is 1.06 bits per heavy atom. The summed E-state index contributed by atoms with van der Waals surface area (Å²) in [6.45, 7) is 2.22. The maximum atomic E-state index is 3.22. The second-order valence-electron chi connectivity index (χ2n) is 3.69. The van der Waals surface area contributed by atoms with E-state index in [4.69, 9.17) is 0 Å². The molecule has 1 rings (SSSR count). The Hall–Kier alpha value is -1.14. The first-order valence-electron chi connectivity index (χ1n) is 6.07. The molecule has 1 aromatic carbocycles. The third-order valence-corrected chi connectivity index (χ3v) is 3.34. The van der Waals surface area contributed by atoms with Crippen LogP contribution >= 0.6 is 0 Å². The molecule has 1 aromatic rings. The molecule has 0 aliphatic carbocycles. The summed E-state index contributed by atoms with van der Waals surface area (Å²) in [4.78, 5) is 3.21. The van der Waals surface area contributed by atoms with Gasteiger partial charge in [-0.15, -0.1) is 0 Å². The molecule has 0 amide bonds. The molecule has 0 bridgehead atoms. The van der Waals surface area contributed by atoms with E-state index in [2.05, 4.69) is 29.5 Å². The van der Waals surface area contributed by atoms with Gasteiger partial charge in [-0.3, -0.25) is 0 Å². The predicted octanol–water partition coefficient (Wildman–Crippen LogP) is 3.70. The van der Waals surface area contributed by atoms with Crippen molar-refractivity contribution in [3.05, 3.63) is 35.9 Å². The van der Waals surface area contributed by atoms with Crippen molar-refractivity contribution in [2.45, 2.75) is 37.9 Å². The van der Waals surface area contributed by atoms with E-state index in [0.29, 0.717) is 15.0 Å². The van der Waals surface area contributed by atoms with Crippen LogP contribution in [-0.2, 0) is 0 Å². The zero-order chi connectivity index (χ0) is 12.2. The Labute approximate surface area is 111 Å². The topological polar surface area (TPSA) is 0 Å². The monoisotopic (exact) mass is 290 g/mol. The van der Waals surface area contributed by atoms with E-state index in [0.717, 1.165) is 17.3 Å². The van der Waals surface area contributed by atoms with Gasteiger partial charge in [-0.2, -0.15) is 0 Å². The zero-order valence-electron chi connectivity index (χ0n) is 10.3. The van der Waals surface area contributed by atoms with Gasteiger partial charge in [0.15, 0.2) is 0 Å². The van der Waals surface area contributed by atoms with Gasteiger partial charge in [0.1, 0.15) is 0 Å². The average Bonchev–Trinajstić information content (AvgIpc) is 2.38. The van der Waals surface area contributed by atoms with E-state index < -0.39 is 0 Å². The summed E-state index contributed by atoms with van der Waals surface area (Å²) >= 11 is 0.341. The summed E-state index contributed by atoms with van der Waals surface area (Å²) in [6.07, 6.45) is 4.87. The molecule has 0 saturated carbocycles. The van der Waals surface area contributed by atoms with Crippen molar-refractivity contribution in [2.75, 3.05) is 0 Å². The van der Waals surface area contributed by atoms with Gasteiger partial charge in [0.05, 0.1) is 0 Å². The summed E-state index contributed by atoms with van der Waals surface area (Å²) in [5, 5.41) is 0.957. The standard InChI is InChI=1S/C16H18Se/c1-2-3-4-5-6-10-14-17-15-13-16-11-8-7-9-12-16/h7-9,11-12H,2-5,14H2,1H3. The second-order valence-corrected chi connectivity index (χ2v) is 5.33. The van der Waals surface area contributed by atoms with Gasteiger partial charge in [0.25, 0.3) is 0 Å². The fraction of sp³-hybridized carbons (Fsp3) is 0.375. The van der Waals surface area contributed by atoms with Crippen LogP contribution in [0.5, 0.6) is 0 Å². The van der Waals surface area contributed by atoms with E-state index in [1.165, 1.54) is 19.3 Å². The molecule has 0 aromatic heterocycles. The summed E-state index contributed by atoms with van der Waals surface area (Å²) in [5.74, 6) is 9.59. The van der Waals surface area contributed by atoms with Gasteiger partial charge in [-0.1, -0.05) is 0 Å². The normalized spacial score (nSPS) is 8.76. The fourth-order valence-corrected chi connectivity index (χ4v) is 2.21. The molecule has 0 N–H and O–H groups in total. The zero-order valence-corrected chi connectivity index (χ0v) is 12.0. The average molecular weight is 289 g/mol. The van der Waals surface area contributed by atoms with E-state index in [-0.39, 0.29) is 0 Å². The van der Waals surface area contributed by atoms with E-state index in [1.807, 2.05) is 30.3 Å². The number of hydrogen-bond donors (Lipinski definition) is 0. The summed E-state index contributed by atoms with van der Waals surface area (Å²) < 4.78 is 0. The molecule has 88 valence electrons. The predicted molar refractivity (Wildman–Crippen MR) is 75.8 cm³/mol. The van der Waals surface area contributed by atoms with E-state index >= 15 is 0 Å². The maximum absolute atomic E-state index is 3.22. The molecule has 0 nitrogen and oxygen atoms in total. The molecule has 0 saturated heterocycles. The SMILES string of the molecule is CCCCCC#CC[Se]C#Cc1ccccc1. The Morgan fingerprint density at radius 2 is 1.88 bits per heavy atom.